The van der Waals surface area contributed by atoms with Crippen molar-refractivity contribution >= 4 is 17.5 Å². The number of alkyl halides is 3. The third kappa shape index (κ3) is 5.38. The lowest BCUT2D eigenvalue weighted by molar-refractivity contribution is -0.139. The van der Waals surface area contributed by atoms with Gasteiger partial charge in [0.2, 0.25) is 5.91 Å². The van der Waals surface area contributed by atoms with Crippen LogP contribution >= 0.6 is 11.6 Å². The standard InChI is InChI=1S/C13H16ClF3N2O/c1-8(10-5-3-4-6-11(10)14)19-9(2)12(20)18-7-13(15,16)17/h3-6,8-9,19H,7H2,1-2H3,(H,18,20)/t8-,9?/m0/s1. The largest absolute Gasteiger partial charge is 0.405 e. The lowest BCUT2D eigenvalue weighted by atomic mass is 10.1. The average Bonchev–Trinajstić information content (AvgIpc) is 2.35. The van der Waals surface area contributed by atoms with Crippen molar-refractivity contribution in [1.82, 2.24) is 10.6 Å². The second kappa shape index (κ2) is 6.95. The molecule has 0 bridgehead atoms. The zero-order valence-corrected chi connectivity index (χ0v) is 11.8. The second-order valence-corrected chi connectivity index (χ2v) is 4.87. The van der Waals surface area contributed by atoms with Gasteiger partial charge in [-0.25, -0.2) is 0 Å². The van der Waals surface area contributed by atoms with E-state index in [1.807, 2.05) is 5.32 Å². The minimum absolute atomic E-state index is 0.254. The summed E-state index contributed by atoms with van der Waals surface area (Å²) in [5.74, 6) is -0.707. The van der Waals surface area contributed by atoms with Gasteiger partial charge in [-0.3, -0.25) is 10.1 Å². The molecule has 0 aliphatic rings. The number of hydrogen-bond donors (Lipinski definition) is 2. The van der Waals surface area contributed by atoms with Crippen molar-refractivity contribution in [3.63, 3.8) is 0 Å². The lowest BCUT2D eigenvalue weighted by Gasteiger charge is -2.21. The lowest BCUT2D eigenvalue weighted by Crippen LogP contribution is -2.45. The van der Waals surface area contributed by atoms with Crippen LogP contribution in [0.3, 0.4) is 0 Å². The van der Waals surface area contributed by atoms with Crippen molar-refractivity contribution in [2.45, 2.75) is 32.1 Å². The van der Waals surface area contributed by atoms with E-state index in [9.17, 15) is 18.0 Å². The van der Waals surface area contributed by atoms with Crippen molar-refractivity contribution < 1.29 is 18.0 Å². The monoisotopic (exact) mass is 308 g/mol. The number of nitrogens with one attached hydrogen (secondary N) is 2. The molecule has 2 atom stereocenters. The maximum atomic E-state index is 12.0. The molecule has 0 saturated carbocycles. The molecular formula is C13H16ClF3N2O. The second-order valence-electron chi connectivity index (χ2n) is 4.46. The van der Waals surface area contributed by atoms with Crippen molar-refractivity contribution in [3.8, 4) is 0 Å². The quantitative estimate of drug-likeness (QED) is 0.878. The van der Waals surface area contributed by atoms with Crippen LogP contribution < -0.4 is 10.6 Å². The van der Waals surface area contributed by atoms with Crippen molar-refractivity contribution in [2.24, 2.45) is 0 Å². The fourth-order valence-corrected chi connectivity index (χ4v) is 2.01. The fraction of sp³-hybridized carbons (Fsp3) is 0.462. The molecule has 1 amide bonds. The van der Waals surface area contributed by atoms with Crippen LogP contribution in [0.1, 0.15) is 25.5 Å². The molecular weight excluding hydrogens is 293 g/mol. The van der Waals surface area contributed by atoms with E-state index in [2.05, 4.69) is 5.32 Å². The van der Waals surface area contributed by atoms with Crippen LogP contribution in [0.4, 0.5) is 13.2 Å². The Hall–Kier alpha value is -1.27. The molecule has 1 aromatic carbocycles. The number of amides is 1. The highest BCUT2D eigenvalue weighted by Crippen LogP contribution is 2.22. The zero-order valence-electron chi connectivity index (χ0n) is 11.1. The molecule has 0 radical (unpaired) electrons. The summed E-state index contributed by atoms with van der Waals surface area (Å²) in [4.78, 5) is 11.5. The van der Waals surface area contributed by atoms with Crippen LogP contribution in [0.15, 0.2) is 24.3 Å². The molecule has 7 heteroatoms. The van der Waals surface area contributed by atoms with Gasteiger partial charge in [-0.05, 0) is 25.5 Å². The first kappa shape index (κ1) is 16.8. The first-order valence-corrected chi connectivity index (χ1v) is 6.43. The summed E-state index contributed by atoms with van der Waals surface area (Å²) in [6.45, 7) is 1.95. The third-order valence-corrected chi connectivity index (χ3v) is 3.07. The maximum Gasteiger partial charge on any atom is 0.405 e. The smallest absolute Gasteiger partial charge is 0.346 e. The SMILES string of the molecule is CC(N[C@@H](C)c1ccccc1Cl)C(=O)NCC(F)(F)F. The normalized spacial score (nSPS) is 14.7. The molecule has 0 spiro atoms. The molecule has 1 rings (SSSR count). The van der Waals surface area contributed by atoms with Gasteiger partial charge in [0, 0.05) is 11.1 Å². The molecule has 0 saturated heterocycles. The van der Waals surface area contributed by atoms with Crippen LogP contribution in [0.5, 0.6) is 0 Å². The van der Waals surface area contributed by atoms with E-state index in [1.54, 1.807) is 31.2 Å². The van der Waals surface area contributed by atoms with Gasteiger partial charge in [-0.2, -0.15) is 13.2 Å². The number of carbonyl (C=O) groups is 1. The molecule has 1 unspecified atom stereocenters. The predicted octanol–water partition coefficient (Wildman–Crippen LogP) is 3.06. The van der Waals surface area contributed by atoms with Crippen LogP contribution in [0.25, 0.3) is 0 Å². The van der Waals surface area contributed by atoms with E-state index in [0.717, 1.165) is 5.56 Å². The van der Waals surface area contributed by atoms with Crippen molar-refractivity contribution in [1.29, 1.82) is 0 Å². The minimum atomic E-state index is -4.41. The summed E-state index contributed by atoms with van der Waals surface area (Å²) in [6, 6.07) is 6.06. The van der Waals surface area contributed by atoms with E-state index in [-0.39, 0.29) is 6.04 Å². The van der Waals surface area contributed by atoms with Gasteiger partial charge in [0.05, 0.1) is 6.04 Å². The molecule has 1 aromatic rings. The zero-order chi connectivity index (χ0) is 15.3. The van der Waals surface area contributed by atoms with E-state index < -0.39 is 24.7 Å². The van der Waals surface area contributed by atoms with Gasteiger partial charge in [0.25, 0.3) is 0 Å². The Morgan fingerprint density at radius 1 is 1.30 bits per heavy atom. The first-order valence-electron chi connectivity index (χ1n) is 6.05. The van der Waals surface area contributed by atoms with Gasteiger partial charge in [-0.15, -0.1) is 0 Å². The number of rotatable bonds is 5. The topological polar surface area (TPSA) is 41.1 Å². The van der Waals surface area contributed by atoms with Gasteiger partial charge >= 0.3 is 6.18 Å². The van der Waals surface area contributed by atoms with E-state index in [0.29, 0.717) is 5.02 Å². The Morgan fingerprint density at radius 3 is 2.45 bits per heavy atom. The van der Waals surface area contributed by atoms with Gasteiger partial charge in [0.15, 0.2) is 0 Å². The van der Waals surface area contributed by atoms with Crippen LogP contribution in [0.2, 0.25) is 5.02 Å². The van der Waals surface area contributed by atoms with Gasteiger partial charge < -0.3 is 5.32 Å². The highest BCUT2D eigenvalue weighted by Gasteiger charge is 2.29. The van der Waals surface area contributed by atoms with Crippen molar-refractivity contribution in [2.75, 3.05) is 6.54 Å². The van der Waals surface area contributed by atoms with E-state index in [1.165, 1.54) is 6.92 Å². The Morgan fingerprint density at radius 2 is 1.90 bits per heavy atom. The maximum absolute atomic E-state index is 12.0. The summed E-state index contributed by atoms with van der Waals surface area (Å²) in [6.07, 6.45) is -4.41. The van der Waals surface area contributed by atoms with Crippen LogP contribution in [0, 0.1) is 0 Å². The minimum Gasteiger partial charge on any atom is -0.346 e. The number of benzene rings is 1. The Bertz CT molecular complexity index is 465. The molecule has 20 heavy (non-hydrogen) atoms. The summed E-state index contributed by atoms with van der Waals surface area (Å²) in [5, 5.41) is 5.28. The Kier molecular flexibility index (Phi) is 5.83. The third-order valence-electron chi connectivity index (χ3n) is 2.73. The molecule has 0 aromatic heterocycles. The number of hydrogen-bond acceptors (Lipinski definition) is 2. The highest BCUT2D eigenvalue weighted by molar-refractivity contribution is 6.31. The molecule has 112 valence electrons. The van der Waals surface area contributed by atoms with Crippen LogP contribution in [-0.4, -0.2) is 24.7 Å². The van der Waals surface area contributed by atoms with Crippen molar-refractivity contribution in [3.05, 3.63) is 34.9 Å². The molecule has 0 heterocycles. The predicted molar refractivity (Wildman–Crippen MR) is 71.5 cm³/mol. The number of halogens is 4. The van der Waals surface area contributed by atoms with E-state index in [4.69, 9.17) is 11.6 Å². The molecule has 0 aliphatic carbocycles. The molecule has 0 aliphatic heterocycles. The fourth-order valence-electron chi connectivity index (χ4n) is 1.71. The summed E-state index contributed by atoms with van der Waals surface area (Å²) >= 11 is 6.01. The Balaban J connectivity index is 2.55. The summed E-state index contributed by atoms with van der Waals surface area (Å²) in [5.41, 5.74) is 0.782. The average molecular weight is 309 g/mol. The van der Waals surface area contributed by atoms with Crippen LogP contribution in [-0.2, 0) is 4.79 Å². The Labute approximate surface area is 120 Å². The van der Waals surface area contributed by atoms with Gasteiger partial charge in [0.1, 0.15) is 6.54 Å². The molecule has 0 fully saturated rings. The number of carbonyl (C=O) groups excluding carboxylic acids is 1. The van der Waals surface area contributed by atoms with E-state index >= 15 is 0 Å². The summed E-state index contributed by atoms with van der Waals surface area (Å²) in [7, 11) is 0. The first-order chi connectivity index (χ1) is 9.20. The van der Waals surface area contributed by atoms with Gasteiger partial charge in [-0.1, -0.05) is 29.8 Å². The molecule has 2 N–H and O–H groups in total. The summed E-state index contributed by atoms with van der Waals surface area (Å²) < 4.78 is 36.0. The highest BCUT2D eigenvalue weighted by atomic mass is 35.5. The molecule has 3 nitrogen and oxygen atoms in total.